The zero-order chi connectivity index (χ0) is 24.4. The quantitative estimate of drug-likeness (QED) is 0.400. The SMILES string of the molecule is CC(NC(=O)c1ccc(NC2=C(Cl)C(=O)N(c3cccc(Cl)c3Cl)C2=O)cc1)c1ccccc1. The van der Waals surface area contributed by atoms with E-state index in [9.17, 15) is 14.4 Å². The molecule has 1 aliphatic rings. The molecule has 1 heterocycles. The Morgan fingerprint density at radius 2 is 1.53 bits per heavy atom. The van der Waals surface area contributed by atoms with Gasteiger partial charge in [-0.1, -0.05) is 71.2 Å². The number of carbonyl (C=O) groups excluding carboxylic acids is 3. The zero-order valence-corrected chi connectivity index (χ0v) is 20.1. The van der Waals surface area contributed by atoms with Crippen molar-refractivity contribution in [1.82, 2.24) is 5.32 Å². The molecular formula is C25H18Cl3N3O3. The highest BCUT2D eigenvalue weighted by Gasteiger charge is 2.40. The molecule has 2 N–H and O–H groups in total. The Morgan fingerprint density at radius 3 is 2.21 bits per heavy atom. The second-order valence-electron chi connectivity index (χ2n) is 7.52. The van der Waals surface area contributed by atoms with E-state index in [1.54, 1.807) is 36.4 Å². The lowest BCUT2D eigenvalue weighted by Gasteiger charge is -2.17. The number of nitrogens with zero attached hydrogens (tertiary/aromatic N) is 1. The van der Waals surface area contributed by atoms with Crippen LogP contribution in [-0.2, 0) is 9.59 Å². The fraction of sp³-hybridized carbons (Fsp3) is 0.0800. The van der Waals surface area contributed by atoms with Crippen LogP contribution in [0.15, 0.2) is 83.5 Å². The Hall–Kier alpha value is -3.32. The first-order valence-electron chi connectivity index (χ1n) is 10.2. The highest BCUT2D eigenvalue weighted by molar-refractivity contribution is 6.54. The van der Waals surface area contributed by atoms with Gasteiger partial charge in [-0.3, -0.25) is 14.4 Å². The molecule has 3 aromatic carbocycles. The second kappa shape index (κ2) is 9.89. The number of amides is 3. The third-order valence-electron chi connectivity index (χ3n) is 5.26. The summed E-state index contributed by atoms with van der Waals surface area (Å²) >= 11 is 18.4. The number of hydrogen-bond acceptors (Lipinski definition) is 4. The first kappa shape index (κ1) is 23.8. The summed E-state index contributed by atoms with van der Waals surface area (Å²) in [5, 5.41) is 5.80. The van der Waals surface area contributed by atoms with Crippen LogP contribution in [0.5, 0.6) is 0 Å². The molecule has 4 rings (SSSR count). The number of halogens is 3. The van der Waals surface area contributed by atoms with Crippen molar-refractivity contribution in [2.24, 2.45) is 0 Å². The van der Waals surface area contributed by atoms with E-state index in [0.29, 0.717) is 11.3 Å². The van der Waals surface area contributed by atoms with Crippen molar-refractivity contribution in [2.45, 2.75) is 13.0 Å². The summed E-state index contributed by atoms with van der Waals surface area (Å²) in [6.07, 6.45) is 0. The Morgan fingerprint density at radius 1 is 0.853 bits per heavy atom. The largest absolute Gasteiger partial charge is 0.350 e. The normalized spacial score (nSPS) is 14.4. The van der Waals surface area contributed by atoms with Crippen molar-refractivity contribution in [3.63, 3.8) is 0 Å². The smallest absolute Gasteiger partial charge is 0.283 e. The number of imide groups is 1. The van der Waals surface area contributed by atoms with Gasteiger partial charge in [0, 0.05) is 11.3 Å². The first-order chi connectivity index (χ1) is 16.3. The van der Waals surface area contributed by atoms with E-state index in [0.717, 1.165) is 10.5 Å². The maximum atomic E-state index is 13.0. The van der Waals surface area contributed by atoms with E-state index in [1.807, 2.05) is 37.3 Å². The van der Waals surface area contributed by atoms with Crippen molar-refractivity contribution >= 4 is 63.9 Å². The van der Waals surface area contributed by atoms with Crippen LogP contribution < -0.4 is 15.5 Å². The molecule has 0 saturated heterocycles. The molecule has 9 heteroatoms. The lowest BCUT2D eigenvalue weighted by molar-refractivity contribution is -0.120. The number of carbonyl (C=O) groups is 3. The molecule has 3 amide bonds. The molecule has 6 nitrogen and oxygen atoms in total. The lowest BCUT2D eigenvalue weighted by Crippen LogP contribution is -2.32. The Labute approximate surface area is 211 Å². The average molecular weight is 515 g/mol. The fourth-order valence-electron chi connectivity index (χ4n) is 3.45. The van der Waals surface area contributed by atoms with E-state index in [1.165, 1.54) is 6.07 Å². The molecule has 1 unspecified atom stereocenters. The molecule has 0 aliphatic carbocycles. The standard InChI is InChI=1S/C25H18Cl3N3O3/c1-14(15-6-3-2-4-7-15)29-23(32)16-10-12-17(13-11-16)30-22-21(28)24(33)31(25(22)34)19-9-5-8-18(26)20(19)27/h2-14,30H,1H3,(H,29,32). The molecule has 1 atom stereocenters. The van der Waals surface area contributed by atoms with Gasteiger partial charge in [0.2, 0.25) is 0 Å². The average Bonchev–Trinajstić information content (AvgIpc) is 3.05. The zero-order valence-electron chi connectivity index (χ0n) is 17.8. The number of anilines is 2. The monoisotopic (exact) mass is 513 g/mol. The molecule has 172 valence electrons. The summed E-state index contributed by atoms with van der Waals surface area (Å²) < 4.78 is 0. The van der Waals surface area contributed by atoms with Crippen molar-refractivity contribution in [3.8, 4) is 0 Å². The number of benzene rings is 3. The molecule has 1 aliphatic heterocycles. The van der Waals surface area contributed by atoms with Crippen molar-refractivity contribution in [3.05, 3.63) is 105 Å². The number of rotatable bonds is 6. The van der Waals surface area contributed by atoms with Crippen molar-refractivity contribution in [2.75, 3.05) is 10.2 Å². The fourth-order valence-corrected chi connectivity index (χ4v) is 4.04. The maximum absolute atomic E-state index is 13.0. The Bertz CT molecular complexity index is 1310. The van der Waals surface area contributed by atoms with Crippen LogP contribution >= 0.6 is 34.8 Å². The van der Waals surface area contributed by atoms with Gasteiger partial charge in [0.25, 0.3) is 17.7 Å². The molecule has 0 aromatic heterocycles. The maximum Gasteiger partial charge on any atom is 0.283 e. The molecule has 3 aromatic rings. The van der Waals surface area contributed by atoms with E-state index < -0.39 is 11.8 Å². The van der Waals surface area contributed by atoms with Crippen LogP contribution in [0.2, 0.25) is 10.0 Å². The van der Waals surface area contributed by atoms with E-state index >= 15 is 0 Å². The van der Waals surface area contributed by atoms with Crippen LogP contribution in [0.3, 0.4) is 0 Å². The van der Waals surface area contributed by atoms with Crippen LogP contribution in [-0.4, -0.2) is 17.7 Å². The van der Waals surface area contributed by atoms with Crippen LogP contribution in [0.25, 0.3) is 0 Å². The van der Waals surface area contributed by atoms with Gasteiger partial charge >= 0.3 is 0 Å². The van der Waals surface area contributed by atoms with Gasteiger partial charge in [-0.15, -0.1) is 0 Å². The summed E-state index contributed by atoms with van der Waals surface area (Å²) in [5.41, 5.74) is 1.94. The van der Waals surface area contributed by atoms with Crippen LogP contribution in [0.4, 0.5) is 11.4 Å². The van der Waals surface area contributed by atoms with E-state index in [4.69, 9.17) is 34.8 Å². The van der Waals surface area contributed by atoms with E-state index in [-0.39, 0.29) is 38.4 Å². The molecule has 0 bridgehead atoms. The predicted molar refractivity (Wildman–Crippen MR) is 134 cm³/mol. The minimum Gasteiger partial charge on any atom is -0.350 e. The van der Waals surface area contributed by atoms with Gasteiger partial charge in [0.05, 0.1) is 21.8 Å². The Kier molecular flexibility index (Phi) is 6.93. The summed E-state index contributed by atoms with van der Waals surface area (Å²) in [4.78, 5) is 39.1. The van der Waals surface area contributed by atoms with Crippen LogP contribution in [0.1, 0.15) is 28.9 Å². The molecule has 0 fully saturated rings. The molecule has 0 spiro atoms. The molecule has 34 heavy (non-hydrogen) atoms. The predicted octanol–water partition coefficient (Wildman–Crippen LogP) is 5.92. The van der Waals surface area contributed by atoms with E-state index in [2.05, 4.69) is 10.6 Å². The highest BCUT2D eigenvalue weighted by atomic mass is 35.5. The summed E-state index contributed by atoms with van der Waals surface area (Å²) in [6.45, 7) is 1.90. The number of nitrogens with one attached hydrogen (secondary N) is 2. The van der Waals surface area contributed by atoms with Crippen molar-refractivity contribution < 1.29 is 14.4 Å². The van der Waals surface area contributed by atoms with Gasteiger partial charge in [0.15, 0.2) is 0 Å². The highest BCUT2D eigenvalue weighted by Crippen LogP contribution is 2.37. The second-order valence-corrected chi connectivity index (χ2v) is 8.68. The van der Waals surface area contributed by atoms with Crippen molar-refractivity contribution in [1.29, 1.82) is 0 Å². The third kappa shape index (κ3) is 4.66. The summed E-state index contributed by atoms with van der Waals surface area (Å²) in [5.74, 6) is -1.63. The Balaban J connectivity index is 1.48. The lowest BCUT2D eigenvalue weighted by atomic mass is 10.1. The third-order valence-corrected chi connectivity index (χ3v) is 6.42. The molecular weight excluding hydrogens is 497 g/mol. The summed E-state index contributed by atoms with van der Waals surface area (Å²) in [7, 11) is 0. The first-order valence-corrected chi connectivity index (χ1v) is 11.4. The number of hydrogen-bond donors (Lipinski definition) is 2. The van der Waals surface area contributed by atoms with Gasteiger partial charge < -0.3 is 10.6 Å². The summed E-state index contributed by atoms with van der Waals surface area (Å²) in [6, 6.07) is 20.5. The van der Waals surface area contributed by atoms with Gasteiger partial charge in [0.1, 0.15) is 10.7 Å². The van der Waals surface area contributed by atoms with Gasteiger partial charge in [-0.25, -0.2) is 4.90 Å². The van der Waals surface area contributed by atoms with Gasteiger partial charge in [-0.05, 0) is 48.9 Å². The van der Waals surface area contributed by atoms with Gasteiger partial charge in [-0.2, -0.15) is 0 Å². The minimum absolute atomic E-state index is 0.0664. The minimum atomic E-state index is -0.718. The topological polar surface area (TPSA) is 78.5 Å². The van der Waals surface area contributed by atoms with Crippen LogP contribution in [0, 0.1) is 0 Å². The molecule has 0 saturated carbocycles. The molecule has 0 radical (unpaired) electrons.